The van der Waals surface area contributed by atoms with Crippen molar-refractivity contribution in [3.05, 3.63) is 35.7 Å². The number of hydrogen-bond donors (Lipinski definition) is 1. The van der Waals surface area contributed by atoms with Gasteiger partial charge in [0.2, 0.25) is 5.91 Å². The Morgan fingerprint density at radius 3 is 2.84 bits per heavy atom. The number of tetrazole rings is 1. The van der Waals surface area contributed by atoms with Crippen LogP contribution < -0.4 is 5.32 Å². The van der Waals surface area contributed by atoms with E-state index >= 15 is 0 Å². The Labute approximate surface area is 107 Å². The van der Waals surface area contributed by atoms with E-state index in [-0.39, 0.29) is 18.1 Å². The fourth-order valence-electron chi connectivity index (χ4n) is 1.44. The Kier molecular flexibility index (Phi) is 3.79. The zero-order valence-electron chi connectivity index (χ0n) is 10.1. The Morgan fingerprint density at radius 2 is 2.16 bits per heavy atom. The third-order valence-corrected chi connectivity index (χ3v) is 2.45. The second-order valence-electron chi connectivity index (χ2n) is 3.74. The van der Waals surface area contributed by atoms with Gasteiger partial charge in [-0.3, -0.25) is 4.79 Å². The van der Waals surface area contributed by atoms with Gasteiger partial charge in [0.25, 0.3) is 0 Å². The molecular weight excluding hydrogens is 256 g/mol. The molecule has 1 amide bonds. The van der Waals surface area contributed by atoms with Gasteiger partial charge in [0, 0.05) is 12.5 Å². The van der Waals surface area contributed by atoms with Gasteiger partial charge in [-0.15, -0.1) is 5.10 Å². The van der Waals surface area contributed by atoms with Crippen LogP contribution in [0.1, 0.15) is 19.2 Å². The summed E-state index contributed by atoms with van der Waals surface area (Å²) in [5, 5.41) is 13.4. The normalized spacial score (nSPS) is 10.5. The maximum absolute atomic E-state index is 13.1. The summed E-state index contributed by atoms with van der Waals surface area (Å²) in [6.45, 7) is 1.83. The van der Waals surface area contributed by atoms with Gasteiger partial charge in [0.15, 0.2) is 17.5 Å². The second kappa shape index (κ2) is 5.51. The van der Waals surface area contributed by atoms with Crippen molar-refractivity contribution in [1.29, 1.82) is 0 Å². The highest BCUT2D eigenvalue weighted by atomic mass is 19.2. The van der Waals surface area contributed by atoms with E-state index in [0.29, 0.717) is 12.2 Å². The zero-order chi connectivity index (χ0) is 13.8. The van der Waals surface area contributed by atoms with Crippen LogP contribution in [0.25, 0.3) is 5.69 Å². The highest BCUT2D eigenvalue weighted by Crippen LogP contribution is 2.12. The van der Waals surface area contributed by atoms with E-state index in [0.717, 1.165) is 12.1 Å². The molecule has 0 aliphatic heterocycles. The van der Waals surface area contributed by atoms with Crippen molar-refractivity contribution in [1.82, 2.24) is 25.5 Å². The average Bonchev–Trinajstić information content (AvgIpc) is 2.87. The minimum absolute atomic E-state index is 0.110. The lowest BCUT2D eigenvalue weighted by Gasteiger charge is -2.05. The average molecular weight is 267 g/mol. The van der Waals surface area contributed by atoms with Gasteiger partial charge in [-0.25, -0.2) is 8.78 Å². The number of aromatic nitrogens is 4. The SMILES string of the molecule is CCC(=O)NCc1nnnn1-c1ccc(F)c(F)c1. The summed E-state index contributed by atoms with van der Waals surface area (Å²) in [6, 6.07) is 3.32. The van der Waals surface area contributed by atoms with Crippen molar-refractivity contribution >= 4 is 5.91 Å². The molecule has 0 unspecified atom stereocenters. The van der Waals surface area contributed by atoms with E-state index in [9.17, 15) is 13.6 Å². The maximum Gasteiger partial charge on any atom is 0.220 e. The first-order valence-electron chi connectivity index (χ1n) is 5.61. The number of nitrogens with zero attached hydrogens (tertiary/aromatic N) is 4. The molecule has 0 bridgehead atoms. The largest absolute Gasteiger partial charge is 0.349 e. The molecule has 100 valence electrons. The third-order valence-electron chi connectivity index (χ3n) is 2.45. The summed E-state index contributed by atoms with van der Waals surface area (Å²) >= 11 is 0. The Bertz CT molecular complexity index is 599. The molecule has 2 aromatic rings. The Morgan fingerprint density at radius 1 is 1.37 bits per heavy atom. The monoisotopic (exact) mass is 267 g/mol. The van der Waals surface area contributed by atoms with E-state index in [1.54, 1.807) is 6.92 Å². The maximum atomic E-state index is 13.1. The first-order chi connectivity index (χ1) is 9.11. The van der Waals surface area contributed by atoms with E-state index in [2.05, 4.69) is 20.8 Å². The van der Waals surface area contributed by atoms with E-state index < -0.39 is 11.6 Å². The number of rotatable bonds is 4. The van der Waals surface area contributed by atoms with Crippen LogP contribution in [0, 0.1) is 11.6 Å². The molecule has 1 aromatic carbocycles. The number of carbonyl (C=O) groups is 1. The molecule has 0 aliphatic rings. The predicted molar refractivity (Wildman–Crippen MR) is 61.2 cm³/mol. The van der Waals surface area contributed by atoms with E-state index in [4.69, 9.17) is 0 Å². The molecular formula is C11H11F2N5O. The number of halogens is 2. The smallest absolute Gasteiger partial charge is 0.220 e. The van der Waals surface area contributed by atoms with Gasteiger partial charge >= 0.3 is 0 Å². The van der Waals surface area contributed by atoms with Crippen LogP contribution in [-0.2, 0) is 11.3 Å². The summed E-state index contributed by atoms with van der Waals surface area (Å²) in [4.78, 5) is 11.2. The molecule has 1 aromatic heterocycles. The standard InChI is InChI=1S/C11H11F2N5O/c1-2-11(19)14-6-10-15-16-17-18(10)7-3-4-8(12)9(13)5-7/h3-5H,2,6H2,1H3,(H,14,19). The molecule has 1 heterocycles. The van der Waals surface area contributed by atoms with E-state index in [1.807, 2.05) is 0 Å². The van der Waals surface area contributed by atoms with Gasteiger partial charge in [0.05, 0.1) is 12.2 Å². The first kappa shape index (κ1) is 13.1. The fraction of sp³-hybridized carbons (Fsp3) is 0.273. The summed E-state index contributed by atoms with van der Waals surface area (Å²) in [7, 11) is 0. The van der Waals surface area contributed by atoms with Crippen molar-refractivity contribution in [2.45, 2.75) is 19.9 Å². The lowest BCUT2D eigenvalue weighted by Crippen LogP contribution is -2.23. The van der Waals surface area contributed by atoms with Crippen LogP contribution in [0.5, 0.6) is 0 Å². The van der Waals surface area contributed by atoms with Crippen molar-refractivity contribution in [3.8, 4) is 5.69 Å². The van der Waals surface area contributed by atoms with Gasteiger partial charge < -0.3 is 5.32 Å². The molecule has 2 rings (SSSR count). The molecule has 0 fully saturated rings. The van der Waals surface area contributed by atoms with Crippen molar-refractivity contribution in [3.63, 3.8) is 0 Å². The van der Waals surface area contributed by atoms with Crippen molar-refractivity contribution in [2.24, 2.45) is 0 Å². The summed E-state index contributed by atoms with van der Waals surface area (Å²) in [5.41, 5.74) is 0.282. The number of carbonyl (C=O) groups excluding carboxylic acids is 1. The highest BCUT2D eigenvalue weighted by molar-refractivity contribution is 5.75. The highest BCUT2D eigenvalue weighted by Gasteiger charge is 2.11. The molecule has 0 aliphatic carbocycles. The molecule has 1 N–H and O–H groups in total. The fourth-order valence-corrected chi connectivity index (χ4v) is 1.44. The predicted octanol–water partition coefficient (Wildman–Crippen LogP) is 0.967. The molecule has 6 nitrogen and oxygen atoms in total. The molecule has 0 saturated carbocycles. The van der Waals surface area contributed by atoms with Crippen LogP contribution >= 0.6 is 0 Å². The summed E-state index contributed by atoms with van der Waals surface area (Å²) in [6.07, 6.45) is 0.340. The van der Waals surface area contributed by atoms with Crippen LogP contribution in [-0.4, -0.2) is 26.1 Å². The van der Waals surface area contributed by atoms with E-state index in [1.165, 1.54) is 10.7 Å². The van der Waals surface area contributed by atoms with Crippen LogP contribution in [0.2, 0.25) is 0 Å². The van der Waals surface area contributed by atoms with Crippen LogP contribution in [0.15, 0.2) is 18.2 Å². The number of nitrogens with one attached hydrogen (secondary N) is 1. The lowest BCUT2D eigenvalue weighted by molar-refractivity contribution is -0.120. The molecule has 19 heavy (non-hydrogen) atoms. The quantitative estimate of drug-likeness (QED) is 0.895. The lowest BCUT2D eigenvalue weighted by atomic mass is 10.3. The number of amides is 1. The van der Waals surface area contributed by atoms with Crippen LogP contribution in [0.4, 0.5) is 8.78 Å². The zero-order valence-corrected chi connectivity index (χ0v) is 10.1. The molecule has 0 saturated heterocycles. The Hall–Kier alpha value is -2.38. The number of hydrogen-bond acceptors (Lipinski definition) is 4. The van der Waals surface area contributed by atoms with Crippen LogP contribution in [0.3, 0.4) is 0 Å². The van der Waals surface area contributed by atoms with Gasteiger partial charge in [-0.2, -0.15) is 4.68 Å². The summed E-state index contributed by atoms with van der Waals surface area (Å²) in [5.74, 6) is -1.76. The van der Waals surface area contributed by atoms with Gasteiger partial charge in [-0.1, -0.05) is 6.92 Å². The molecule has 8 heteroatoms. The molecule has 0 spiro atoms. The topological polar surface area (TPSA) is 72.7 Å². The molecule has 0 atom stereocenters. The summed E-state index contributed by atoms with van der Waals surface area (Å²) < 4.78 is 27.2. The second-order valence-corrected chi connectivity index (χ2v) is 3.74. The van der Waals surface area contributed by atoms with Crippen molar-refractivity contribution in [2.75, 3.05) is 0 Å². The Balaban J connectivity index is 2.23. The minimum atomic E-state index is -0.989. The third kappa shape index (κ3) is 2.90. The van der Waals surface area contributed by atoms with Crippen molar-refractivity contribution < 1.29 is 13.6 Å². The first-order valence-corrected chi connectivity index (χ1v) is 5.61. The minimum Gasteiger partial charge on any atom is -0.349 e. The van der Waals surface area contributed by atoms with Gasteiger partial charge in [-0.05, 0) is 22.6 Å². The van der Waals surface area contributed by atoms with Gasteiger partial charge in [0.1, 0.15) is 0 Å². The number of benzene rings is 1. The molecule has 0 radical (unpaired) electrons.